The molecule has 0 saturated carbocycles. The fraction of sp³-hybridized carbons (Fsp3) is 0.846. The number of rotatable bonds is 3. The molecule has 0 radical (unpaired) electrons. The third-order valence-electron chi connectivity index (χ3n) is 3.58. The SMILES string of the molecule is CC1=CCCN(CCN2CCCNCC2)C1. The number of hydrogen-bond donors (Lipinski definition) is 1. The zero-order chi connectivity index (χ0) is 11.2. The van der Waals surface area contributed by atoms with Crippen molar-refractivity contribution < 1.29 is 0 Å². The van der Waals surface area contributed by atoms with E-state index in [2.05, 4.69) is 28.1 Å². The highest BCUT2D eigenvalue weighted by atomic mass is 15.2. The summed E-state index contributed by atoms with van der Waals surface area (Å²) in [5.74, 6) is 0. The van der Waals surface area contributed by atoms with E-state index in [1.807, 2.05) is 0 Å². The number of nitrogens with zero attached hydrogens (tertiary/aromatic N) is 2. The second kappa shape index (κ2) is 6.38. The average Bonchev–Trinajstić information content (AvgIpc) is 2.55. The molecular formula is C13H25N3. The first-order valence-electron chi connectivity index (χ1n) is 6.65. The van der Waals surface area contributed by atoms with E-state index in [1.165, 1.54) is 65.2 Å². The topological polar surface area (TPSA) is 18.5 Å². The number of nitrogens with one attached hydrogen (secondary N) is 1. The normalized spacial score (nSPS) is 25.2. The summed E-state index contributed by atoms with van der Waals surface area (Å²) in [5.41, 5.74) is 1.55. The Morgan fingerprint density at radius 3 is 2.88 bits per heavy atom. The molecule has 2 heterocycles. The summed E-state index contributed by atoms with van der Waals surface area (Å²) in [6.45, 7) is 12.0. The quantitative estimate of drug-likeness (QED) is 0.718. The van der Waals surface area contributed by atoms with E-state index in [9.17, 15) is 0 Å². The highest BCUT2D eigenvalue weighted by Gasteiger charge is 2.12. The molecule has 2 aliphatic rings. The molecule has 16 heavy (non-hydrogen) atoms. The van der Waals surface area contributed by atoms with Gasteiger partial charge >= 0.3 is 0 Å². The molecule has 2 rings (SSSR count). The summed E-state index contributed by atoms with van der Waals surface area (Å²) in [5, 5.41) is 3.46. The standard InChI is InChI=1S/C13H25N3/c1-13-4-2-7-16(12-13)11-10-15-8-3-5-14-6-9-15/h4,14H,2-3,5-12H2,1H3. The van der Waals surface area contributed by atoms with E-state index in [-0.39, 0.29) is 0 Å². The van der Waals surface area contributed by atoms with Gasteiger partial charge in [0.05, 0.1) is 0 Å². The minimum absolute atomic E-state index is 1.17. The molecule has 1 N–H and O–H groups in total. The molecule has 2 aliphatic heterocycles. The predicted octanol–water partition coefficient (Wildman–Crippen LogP) is 0.934. The van der Waals surface area contributed by atoms with Crippen molar-refractivity contribution in [2.75, 3.05) is 52.4 Å². The molecule has 0 aromatic carbocycles. The number of hydrogen-bond acceptors (Lipinski definition) is 3. The van der Waals surface area contributed by atoms with Crippen molar-refractivity contribution in [2.45, 2.75) is 19.8 Å². The van der Waals surface area contributed by atoms with Gasteiger partial charge in [0.15, 0.2) is 0 Å². The van der Waals surface area contributed by atoms with Gasteiger partial charge in [0.25, 0.3) is 0 Å². The largest absolute Gasteiger partial charge is 0.315 e. The Hall–Kier alpha value is -0.380. The van der Waals surface area contributed by atoms with Crippen LogP contribution in [0, 0.1) is 0 Å². The van der Waals surface area contributed by atoms with Gasteiger partial charge in [-0.2, -0.15) is 0 Å². The van der Waals surface area contributed by atoms with E-state index in [1.54, 1.807) is 5.57 Å². The maximum absolute atomic E-state index is 3.46. The highest BCUT2D eigenvalue weighted by molar-refractivity contribution is 5.04. The summed E-state index contributed by atoms with van der Waals surface area (Å²) >= 11 is 0. The smallest absolute Gasteiger partial charge is 0.0190 e. The minimum Gasteiger partial charge on any atom is -0.315 e. The van der Waals surface area contributed by atoms with Gasteiger partial charge in [-0.3, -0.25) is 4.90 Å². The Bertz CT molecular complexity index is 229. The summed E-state index contributed by atoms with van der Waals surface area (Å²) < 4.78 is 0. The summed E-state index contributed by atoms with van der Waals surface area (Å²) in [7, 11) is 0. The van der Waals surface area contributed by atoms with Crippen molar-refractivity contribution in [3.8, 4) is 0 Å². The van der Waals surface area contributed by atoms with Crippen LogP contribution in [-0.4, -0.2) is 62.2 Å². The molecule has 0 unspecified atom stereocenters. The molecule has 0 spiro atoms. The maximum Gasteiger partial charge on any atom is 0.0190 e. The third kappa shape index (κ3) is 3.89. The summed E-state index contributed by atoms with van der Waals surface area (Å²) in [6.07, 6.45) is 4.93. The lowest BCUT2D eigenvalue weighted by Crippen LogP contribution is -2.39. The van der Waals surface area contributed by atoms with Gasteiger partial charge in [0.2, 0.25) is 0 Å². The van der Waals surface area contributed by atoms with Gasteiger partial charge in [0.1, 0.15) is 0 Å². The molecular weight excluding hydrogens is 198 g/mol. The predicted molar refractivity (Wildman–Crippen MR) is 68.7 cm³/mol. The maximum atomic E-state index is 3.46. The fourth-order valence-electron chi connectivity index (χ4n) is 2.59. The van der Waals surface area contributed by atoms with E-state index in [0.717, 1.165) is 0 Å². The van der Waals surface area contributed by atoms with Crippen LogP contribution in [0.1, 0.15) is 19.8 Å². The van der Waals surface area contributed by atoms with E-state index < -0.39 is 0 Å². The Balaban J connectivity index is 1.68. The summed E-state index contributed by atoms with van der Waals surface area (Å²) in [6, 6.07) is 0. The molecule has 0 aliphatic carbocycles. The molecule has 1 fully saturated rings. The second-order valence-corrected chi connectivity index (χ2v) is 5.06. The monoisotopic (exact) mass is 223 g/mol. The molecule has 0 aromatic rings. The first kappa shape index (κ1) is 12.1. The van der Waals surface area contributed by atoms with Crippen molar-refractivity contribution >= 4 is 0 Å². The Kier molecular flexibility index (Phi) is 4.82. The van der Waals surface area contributed by atoms with E-state index >= 15 is 0 Å². The minimum atomic E-state index is 1.17. The van der Waals surface area contributed by atoms with Crippen LogP contribution in [-0.2, 0) is 0 Å². The van der Waals surface area contributed by atoms with Crippen molar-refractivity contribution in [3.05, 3.63) is 11.6 Å². The van der Waals surface area contributed by atoms with Crippen LogP contribution in [0.3, 0.4) is 0 Å². The second-order valence-electron chi connectivity index (χ2n) is 5.06. The van der Waals surface area contributed by atoms with Gasteiger partial charge < -0.3 is 10.2 Å². The molecule has 0 amide bonds. The first-order chi connectivity index (χ1) is 7.84. The zero-order valence-corrected chi connectivity index (χ0v) is 10.5. The van der Waals surface area contributed by atoms with Gasteiger partial charge in [-0.05, 0) is 32.9 Å². The molecule has 3 heteroatoms. The first-order valence-corrected chi connectivity index (χ1v) is 6.65. The Morgan fingerprint density at radius 2 is 2.00 bits per heavy atom. The van der Waals surface area contributed by atoms with Crippen LogP contribution in [0.4, 0.5) is 0 Å². The lowest BCUT2D eigenvalue weighted by molar-refractivity contribution is 0.217. The van der Waals surface area contributed by atoms with E-state index in [0.29, 0.717) is 0 Å². The molecule has 1 saturated heterocycles. The van der Waals surface area contributed by atoms with Gasteiger partial charge in [-0.1, -0.05) is 11.6 Å². The van der Waals surface area contributed by atoms with Crippen molar-refractivity contribution in [3.63, 3.8) is 0 Å². The van der Waals surface area contributed by atoms with Crippen molar-refractivity contribution in [1.82, 2.24) is 15.1 Å². The average molecular weight is 223 g/mol. The highest BCUT2D eigenvalue weighted by Crippen LogP contribution is 2.08. The van der Waals surface area contributed by atoms with Crippen LogP contribution in [0.25, 0.3) is 0 Å². The van der Waals surface area contributed by atoms with E-state index in [4.69, 9.17) is 0 Å². The van der Waals surface area contributed by atoms with Crippen LogP contribution in [0.5, 0.6) is 0 Å². The fourth-order valence-corrected chi connectivity index (χ4v) is 2.59. The lowest BCUT2D eigenvalue weighted by atomic mass is 10.1. The third-order valence-corrected chi connectivity index (χ3v) is 3.58. The van der Waals surface area contributed by atoms with Crippen LogP contribution >= 0.6 is 0 Å². The Morgan fingerprint density at radius 1 is 1.12 bits per heavy atom. The van der Waals surface area contributed by atoms with Crippen molar-refractivity contribution in [2.24, 2.45) is 0 Å². The van der Waals surface area contributed by atoms with Crippen LogP contribution in [0.15, 0.2) is 11.6 Å². The van der Waals surface area contributed by atoms with Crippen LogP contribution < -0.4 is 5.32 Å². The molecule has 3 nitrogen and oxygen atoms in total. The molecule has 92 valence electrons. The zero-order valence-electron chi connectivity index (χ0n) is 10.5. The van der Waals surface area contributed by atoms with Gasteiger partial charge in [-0.15, -0.1) is 0 Å². The summed E-state index contributed by atoms with van der Waals surface area (Å²) in [4.78, 5) is 5.20. The molecule has 0 aromatic heterocycles. The Labute approximate surface area is 99.5 Å². The van der Waals surface area contributed by atoms with Gasteiger partial charge in [-0.25, -0.2) is 0 Å². The van der Waals surface area contributed by atoms with Crippen LogP contribution in [0.2, 0.25) is 0 Å². The lowest BCUT2D eigenvalue weighted by Gasteiger charge is -2.29. The van der Waals surface area contributed by atoms with Gasteiger partial charge in [0, 0.05) is 39.3 Å². The molecule has 0 bridgehead atoms. The molecule has 0 atom stereocenters. The van der Waals surface area contributed by atoms with Crippen molar-refractivity contribution in [1.29, 1.82) is 0 Å².